The second-order valence-corrected chi connectivity index (χ2v) is 22.5. The number of benzene rings is 4. The number of nitrogens with zero attached hydrogens (tertiary/aromatic N) is 3. The summed E-state index contributed by atoms with van der Waals surface area (Å²) >= 11 is 7.87. The van der Waals surface area contributed by atoms with Gasteiger partial charge in [-0.05, 0) is 109 Å². The molecule has 2 aliphatic heterocycles. The third-order valence-electron chi connectivity index (χ3n) is 12.0. The lowest BCUT2D eigenvalue weighted by molar-refractivity contribution is 0.0370. The van der Waals surface area contributed by atoms with Gasteiger partial charge in [-0.3, -0.25) is 14.6 Å². The zero-order chi connectivity index (χ0) is 43.9. The zero-order valence-electron chi connectivity index (χ0n) is 35.8. The number of hydrogen-bond donors (Lipinski definition) is 2. The Morgan fingerprint density at radius 3 is 2.23 bits per heavy atom. The number of rotatable bonds is 16. The molecule has 2 heterocycles. The molecule has 2 fully saturated rings. The highest BCUT2D eigenvalue weighted by Gasteiger charge is 2.30. The molecule has 0 bridgehead atoms. The molecule has 332 valence electrons. The van der Waals surface area contributed by atoms with Crippen LogP contribution in [0.1, 0.15) is 55.5 Å². The molecule has 0 aromatic heterocycles. The van der Waals surface area contributed by atoms with Crippen LogP contribution in [0, 0.1) is 5.41 Å². The van der Waals surface area contributed by atoms with Crippen molar-refractivity contribution in [1.82, 2.24) is 14.5 Å². The van der Waals surface area contributed by atoms with Crippen molar-refractivity contribution in [3.63, 3.8) is 0 Å². The maximum Gasteiger partial charge on any atom is 0.264 e. The number of halogens is 1. The summed E-state index contributed by atoms with van der Waals surface area (Å²) in [6.45, 7) is 12.9. The Labute approximate surface area is 377 Å². The van der Waals surface area contributed by atoms with Crippen LogP contribution in [0.15, 0.2) is 117 Å². The number of allylic oxidation sites excluding steroid dienone is 1. The molecule has 3 aliphatic rings. The zero-order valence-corrected chi connectivity index (χ0v) is 39.0. The molecule has 11 nitrogen and oxygen atoms in total. The largest absolute Gasteiger partial charge is 0.380 e. The van der Waals surface area contributed by atoms with E-state index in [1.165, 1.54) is 28.8 Å². The van der Waals surface area contributed by atoms with E-state index in [2.05, 4.69) is 50.7 Å². The lowest BCUT2D eigenvalue weighted by atomic mass is 9.73. The molecule has 4 aromatic rings. The van der Waals surface area contributed by atoms with E-state index in [4.69, 9.17) is 16.3 Å². The van der Waals surface area contributed by atoms with Crippen molar-refractivity contribution >= 4 is 66.1 Å². The molecule has 62 heavy (non-hydrogen) atoms. The van der Waals surface area contributed by atoms with Gasteiger partial charge in [0.1, 0.15) is 0 Å². The third-order valence-corrected chi connectivity index (χ3v) is 15.9. The van der Waals surface area contributed by atoms with Gasteiger partial charge in [0.05, 0.1) is 28.7 Å². The molecule has 7 rings (SSSR count). The van der Waals surface area contributed by atoms with Gasteiger partial charge in [0.15, 0.2) is 9.84 Å². The molecule has 1 amide bonds. The Balaban J connectivity index is 0.978. The molecule has 0 unspecified atom stereocenters. The fourth-order valence-electron chi connectivity index (χ4n) is 8.45. The maximum absolute atomic E-state index is 13.6. The molecule has 4 aromatic carbocycles. The molecule has 1 aliphatic carbocycles. The number of carbonyl (C=O) groups is 1. The van der Waals surface area contributed by atoms with Gasteiger partial charge < -0.3 is 15.0 Å². The summed E-state index contributed by atoms with van der Waals surface area (Å²) in [7, 11) is -8.31. The topological polar surface area (TPSA) is 128 Å². The van der Waals surface area contributed by atoms with E-state index in [1.807, 2.05) is 54.6 Å². The number of sulfone groups is 1. The highest BCUT2D eigenvalue weighted by molar-refractivity contribution is 7.99. The Morgan fingerprint density at radius 2 is 1.55 bits per heavy atom. The minimum atomic E-state index is -4.43. The van der Waals surface area contributed by atoms with E-state index in [1.54, 1.807) is 23.9 Å². The molecule has 0 radical (unpaired) electrons. The maximum atomic E-state index is 13.6. The van der Waals surface area contributed by atoms with Crippen LogP contribution >= 0.6 is 23.4 Å². The smallest absolute Gasteiger partial charge is 0.264 e. The minimum Gasteiger partial charge on any atom is -0.380 e. The van der Waals surface area contributed by atoms with Crippen LogP contribution in [0.4, 0.5) is 11.4 Å². The van der Waals surface area contributed by atoms with Gasteiger partial charge in [0.2, 0.25) is 0 Å². The predicted molar refractivity (Wildman–Crippen MR) is 252 cm³/mol. The number of sulfonamides is 1. The minimum absolute atomic E-state index is 0.127. The first-order valence-electron chi connectivity index (χ1n) is 21.3. The second-order valence-electron chi connectivity index (χ2n) is 17.3. The van der Waals surface area contributed by atoms with Crippen molar-refractivity contribution in [2.45, 2.75) is 60.3 Å². The first kappa shape index (κ1) is 46.1. The van der Waals surface area contributed by atoms with Crippen LogP contribution in [-0.2, 0) is 24.6 Å². The summed E-state index contributed by atoms with van der Waals surface area (Å²) in [5.41, 5.74) is 5.91. The van der Waals surface area contributed by atoms with Gasteiger partial charge in [-0.15, -0.1) is 11.8 Å². The monoisotopic (exact) mass is 919 g/mol. The van der Waals surface area contributed by atoms with Crippen LogP contribution in [0.2, 0.25) is 5.02 Å². The first-order chi connectivity index (χ1) is 29.6. The average Bonchev–Trinajstić information content (AvgIpc) is 3.25. The van der Waals surface area contributed by atoms with E-state index < -0.39 is 25.8 Å². The Kier molecular flexibility index (Phi) is 15.1. The van der Waals surface area contributed by atoms with Crippen LogP contribution < -0.4 is 14.9 Å². The molecule has 2 saturated heterocycles. The number of nitrogens with one attached hydrogen (secondary N) is 2. The molecule has 1 atom stereocenters. The van der Waals surface area contributed by atoms with Gasteiger partial charge >= 0.3 is 0 Å². The summed E-state index contributed by atoms with van der Waals surface area (Å²) in [4.78, 5) is 21.1. The quantitative estimate of drug-likeness (QED) is 0.106. The number of anilines is 2. The number of amides is 1. The van der Waals surface area contributed by atoms with E-state index in [0.29, 0.717) is 24.7 Å². The molecule has 2 N–H and O–H groups in total. The van der Waals surface area contributed by atoms with E-state index in [-0.39, 0.29) is 26.8 Å². The SMILES string of the molecule is CC1(C)CCC(c2ccc(Cl)cc2)=C(CN2CCN(c3ccc(C(=O)NS(=O)(=O)c4ccc(N[C@@H](CCN5CCOCC5)CSc5ccccc5)c(S(C)(=O)=O)c4)cc3)CC2)C1. The molecule has 0 saturated carbocycles. The Bertz CT molecular complexity index is 2420. The van der Waals surface area contributed by atoms with Crippen molar-refractivity contribution in [3.05, 3.63) is 119 Å². The lowest BCUT2D eigenvalue weighted by Crippen LogP contribution is -2.47. The number of hydrogen-bond acceptors (Lipinski definition) is 11. The predicted octanol–water partition coefficient (Wildman–Crippen LogP) is 7.94. The van der Waals surface area contributed by atoms with Gasteiger partial charge in [-0.25, -0.2) is 21.6 Å². The normalized spacial score (nSPS) is 18.4. The van der Waals surface area contributed by atoms with Crippen molar-refractivity contribution in [2.75, 3.05) is 87.8 Å². The van der Waals surface area contributed by atoms with Crippen molar-refractivity contribution in [2.24, 2.45) is 5.41 Å². The van der Waals surface area contributed by atoms with Crippen LogP contribution in [0.5, 0.6) is 0 Å². The molecule has 0 spiro atoms. The van der Waals surface area contributed by atoms with Gasteiger partial charge in [-0.1, -0.05) is 61.4 Å². The van der Waals surface area contributed by atoms with Crippen LogP contribution in [-0.4, -0.2) is 116 Å². The molecular weight excluding hydrogens is 862 g/mol. The standard InChI is InChI=1S/C47H58ClN5O6S3/c1-47(2)21-19-43(35-9-13-38(48)14-10-35)37(32-47)33-52-23-25-53(26-24-52)40-15-11-36(12-16-40)46(54)50-62(57,58)42-17-18-44(45(31-42)61(3,55)56)49-39(20-22-51-27-29-59-30-28-51)34-60-41-7-5-4-6-8-41/h4-18,31,39,49H,19-30,32-34H2,1-3H3,(H,50,54)/t39-/m0/s1. The summed E-state index contributed by atoms with van der Waals surface area (Å²) < 4.78 is 61.2. The van der Waals surface area contributed by atoms with Crippen molar-refractivity contribution in [1.29, 1.82) is 0 Å². The molecular formula is C47H58ClN5O6S3. The first-order valence-corrected chi connectivity index (χ1v) is 26.1. The van der Waals surface area contributed by atoms with E-state index >= 15 is 0 Å². The Morgan fingerprint density at radius 1 is 0.855 bits per heavy atom. The van der Waals surface area contributed by atoms with Gasteiger partial charge in [-0.2, -0.15) is 0 Å². The number of thioether (sulfide) groups is 1. The number of piperazine rings is 1. The summed E-state index contributed by atoms with van der Waals surface area (Å²) in [5.74, 6) is -0.141. The summed E-state index contributed by atoms with van der Waals surface area (Å²) in [5, 5.41) is 4.17. The number of ether oxygens (including phenoxy) is 1. The summed E-state index contributed by atoms with van der Waals surface area (Å²) in [6, 6.07) is 28.9. The average molecular weight is 921 g/mol. The van der Waals surface area contributed by atoms with Crippen molar-refractivity contribution in [3.8, 4) is 0 Å². The summed E-state index contributed by atoms with van der Waals surface area (Å²) in [6.07, 6.45) is 5.07. The van der Waals surface area contributed by atoms with Crippen LogP contribution in [0.25, 0.3) is 5.57 Å². The van der Waals surface area contributed by atoms with Gasteiger partial charge in [0.25, 0.3) is 15.9 Å². The number of carbonyl (C=O) groups excluding carboxylic acids is 1. The van der Waals surface area contributed by atoms with Crippen LogP contribution in [0.3, 0.4) is 0 Å². The lowest BCUT2D eigenvalue weighted by Gasteiger charge is -2.39. The molecule has 15 heteroatoms. The van der Waals surface area contributed by atoms with Crippen molar-refractivity contribution < 1.29 is 26.4 Å². The Hall–Kier alpha value is -3.89. The van der Waals surface area contributed by atoms with Gasteiger partial charge in [0, 0.05) is 91.6 Å². The fourth-order valence-corrected chi connectivity index (χ4v) is 11.5. The van der Waals surface area contributed by atoms with E-state index in [0.717, 1.165) is 106 Å². The second kappa shape index (κ2) is 20.3. The van der Waals surface area contributed by atoms with E-state index in [9.17, 15) is 21.6 Å². The number of morpholine rings is 1. The fraction of sp³-hybridized carbons (Fsp3) is 0.426. The highest BCUT2D eigenvalue weighted by atomic mass is 35.5. The third kappa shape index (κ3) is 12.4. The highest BCUT2D eigenvalue weighted by Crippen LogP contribution is 2.43.